The van der Waals surface area contributed by atoms with E-state index in [4.69, 9.17) is 16.3 Å². The Labute approximate surface area is 144 Å². The van der Waals surface area contributed by atoms with E-state index in [1.165, 1.54) is 12.2 Å². The Morgan fingerprint density at radius 2 is 1.88 bits per heavy atom. The van der Waals surface area contributed by atoms with Gasteiger partial charge in [0.1, 0.15) is 5.75 Å². The summed E-state index contributed by atoms with van der Waals surface area (Å²) in [4.78, 5) is 19.8. The molecule has 24 heavy (non-hydrogen) atoms. The van der Waals surface area contributed by atoms with Crippen LogP contribution in [0.2, 0.25) is 5.02 Å². The van der Waals surface area contributed by atoms with Crippen LogP contribution in [-0.4, -0.2) is 15.9 Å². The van der Waals surface area contributed by atoms with Gasteiger partial charge in [-0.1, -0.05) is 48.0 Å². The lowest BCUT2D eigenvalue weighted by Gasteiger charge is -2.07. The van der Waals surface area contributed by atoms with Crippen molar-refractivity contribution >= 4 is 23.6 Å². The molecule has 0 saturated heterocycles. The summed E-state index contributed by atoms with van der Waals surface area (Å²) in [5, 5.41) is 0.373. The first-order valence-electron chi connectivity index (χ1n) is 7.23. The van der Waals surface area contributed by atoms with Crippen molar-refractivity contribution in [3.63, 3.8) is 0 Å². The van der Waals surface area contributed by atoms with Gasteiger partial charge >= 0.3 is 5.97 Å². The summed E-state index contributed by atoms with van der Waals surface area (Å²) >= 11 is 6.22. The van der Waals surface area contributed by atoms with Gasteiger partial charge in [0.05, 0.1) is 16.9 Å². The standard InChI is InChI=1S/C19H13ClN2O2/c20-17-12-15(14-4-2-1-3-5-14)6-8-18(17)24-19(23)9-7-16-13-21-10-11-22-16/h1-13H. The molecular formula is C19H13ClN2O2. The van der Waals surface area contributed by atoms with Crippen LogP contribution in [0.5, 0.6) is 5.75 Å². The van der Waals surface area contributed by atoms with E-state index in [1.54, 1.807) is 30.7 Å². The minimum Gasteiger partial charge on any atom is -0.422 e. The van der Waals surface area contributed by atoms with Gasteiger partial charge in [-0.25, -0.2) is 4.79 Å². The molecule has 0 saturated carbocycles. The van der Waals surface area contributed by atoms with Crippen molar-refractivity contribution in [3.8, 4) is 16.9 Å². The molecule has 2 aromatic carbocycles. The first-order valence-corrected chi connectivity index (χ1v) is 7.61. The summed E-state index contributed by atoms with van der Waals surface area (Å²) in [5.41, 5.74) is 2.57. The molecule has 1 heterocycles. The third kappa shape index (κ3) is 4.06. The number of carbonyl (C=O) groups is 1. The molecule has 0 spiro atoms. The normalized spacial score (nSPS) is 10.7. The van der Waals surface area contributed by atoms with Crippen molar-refractivity contribution in [3.05, 3.63) is 83.9 Å². The summed E-state index contributed by atoms with van der Waals surface area (Å²) in [6.07, 6.45) is 7.46. The Morgan fingerprint density at radius 1 is 1.04 bits per heavy atom. The number of hydrogen-bond acceptors (Lipinski definition) is 4. The lowest BCUT2D eigenvalue weighted by atomic mass is 10.1. The van der Waals surface area contributed by atoms with E-state index in [0.29, 0.717) is 16.5 Å². The Morgan fingerprint density at radius 3 is 2.58 bits per heavy atom. The minimum atomic E-state index is -0.532. The van der Waals surface area contributed by atoms with E-state index < -0.39 is 5.97 Å². The van der Waals surface area contributed by atoms with Gasteiger partial charge in [0, 0.05) is 18.5 Å². The van der Waals surface area contributed by atoms with Crippen LogP contribution in [0.15, 0.2) is 73.2 Å². The Balaban J connectivity index is 1.71. The molecule has 0 bridgehead atoms. The Hall–Kier alpha value is -2.98. The van der Waals surface area contributed by atoms with Gasteiger partial charge in [-0.2, -0.15) is 0 Å². The molecular weight excluding hydrogens is 324 g/mol. The predicted molar refractivity (Wildman–Crippen MR) is 93.6 cm³/mol. The molecule has 0 atom stereocenters. The van der Waals surface area contributed by atoms with Gasteiger partial charge in [-0.15, -0.1) is 0 Å². The maximum Gasteiger partial charge on any atom is 0.336 e. The molecule has 118 valence electrons. The highest BCUT2D eigenvalue weighted by Gasteiger charge is 2.08. The summed E-state index contributed by atoms with van der Waals surface area (Å²) in [6, 6.07) is 15.1. The fourth-order valence-electron chi connectivity index (χ4n) is 2.09. The molecule has 0 aliphatic heterocycles. The Kier molecular flexibility index (Phi) is 4.99. The number of halogens is 1. The summed E-state index contributed by atoms with van der Waals surface area (Å²) < 4.78 is 5.25. The zero-order valence-electron chi connectivity index (χ0n) is 12.6. The molecule has 5 heteroatoms. The number of ether oxygens (including phenoxy) is 1. The smallest absolute Gasteiger partial charge is 0.336 e. The maximum absolute atomic E-state index is 11.9. The number of esters is 1. The zero-order valence-corrected chi connectivity index (χ0v) is 13.4. The number of hydrogen-bond donors (Lipinski definition) is 0. The highest BCUT2D eigenvalue weighted by atomic mass is 35.5. The highest BCUT2D eigenvalue weighted by molar-refractivity contribution is 6.32. The van der Waals surface area contributed by atoms with Crippen LogP contribution in [-0.2, 0) is 4.79 Å². The molecule has 0 unspecified atom stereocenters. The average molecular weight is 337 g/mol. The van der Waals surface area contributed by atoms with Crippen molar-refractivity contribution in [1.29, 1.82) is 0 Å². The van der Waals surface area contributed by atoms with Gasteiger partial charge in [-0.05, 0) is 29.3 Å². The van der Waals surface area contributed by atoms with Crippen LogP contribution in [0.1, 0.15) is 5.69 Å². The quantitative estimate of drug-likeness (QED) is 0.402. The van der Waals surface area contributed by atoms with E-state index >= 15 is 0 Å². The molecule has 3 rings (SSSR count). The number of benzene rings is 2. The average Bonchev–Trinajstić information content (AvgIpc) is 2.63. The van der Waals surface area contributed by atoms with Crippen LogP contribution >= 0.6 is 11.6 Å². The largest absolute Gasteiger partial charge is 0.422 e. The topological polar surface area (TPSA) is 52.1 Å². The number of carbonyl (C=O) groups excluding carboxylic acids is 1. The number of nitrogens with zero attached hydrogens (tertiary/aromatic N) is 2. The second kappa shape index (κ2) is 7.53. The molecule has 4 nitrogen and oxygen atoms in total. The van der Waals surface area contributed by atoms with Crippen LogP contribution < -0.4 is 4.74 Å². The molecule has 0 amide bonds. The molecule has 0 fully saturated rings. The Bertz CT molecular complexity index is 865. The van der Waals surface area contributed by atoms with Gasteiger partial charge < -0.3 is 4.74 Å². The third-order valence-corrected chi connectivity index (χ3v) is 3.52. The van der Waals surface area contributed by atoms with E-state index in [2.05, 4.69) is 9.97 Å². The zero-order chi connectivity index (χ0) is 16.8. The second-order valence-corrected chi connectivity index (χ2v) is 5.30. The lowest BCUT2D eigenvalue weighted by molar-refractivity contribution is -0.128. The molecule has 0 radical (unpaired) electrons. The van der Waals surface area contributed by atoms with E-state index in [1.807, 2.05) is 36.4 Å². The van der Waals surface area contributed by atoms with Gasteiger partial charge in [0.15, 0.2) is 0 Å². The van der Waals surface area contributed by atoms with E-state index in [-0.39, 0.29) is 0 Å². The third-order valence-electron chi connectivity index (χ3n) is 3.22. The van der Waals surface area contributed by atoms with E-state index in [0.717, 1.165) is 11.1 Å². The van der Waals surface area contributed by atoms with Crippen molar-refractivity contribution in [2.75, 3.05) is 0 Å². The second-order valence-electron chi connectivity index (χ2n) is 4.90. The maximum atomic E-state index is 11.9. The molecule has 3 aromatic rings. The fourth-order valence-corrected chi connectivity index (χ4v) is 2.31. The first kappa shape index (κ1) is 15.9. The van der Waals surface area contributed by atoms with Crippen LogP contribution in [0.4, 0.5) is 0 Å². The lowest BCUT2D eigenvalue weighted by Crippen LogP contribution is -2.04. The monoisotopic (exact) mass is 336 g/mol. The highest BCUT2D eigenvalue weighted by Crippen LogP contribution is 2.30. The van der Waals surface area contributed by atoms with Crippen molar-refractivity contribution in [1.82, 2.24) is 9.97 Å². The fraction of sp³-hybridized carbons (Fsp3) is 0. The van der Waals surface area contributed by atoms with Crippen LogP contribution in [0.25, 0.3) is 17.2 Å². The van der Waals surface area contributed by atoms with Crippen molar-refractivity contribution in [2.24, 2.45) is 0 Å². The summed E-state index contributed by atoms with van der Waals surface area (Å²) in [6.45, 7) is 0. The number of rotatable bonds is 4. The predicted octanol–water partition coefficient (Wildman–Crippen LogP) is 4.42. The minimum absolute atomic E-state index is 0.310. The molecule has 0 aliphatic carbocycles. The SMILES string of the molecule is O=C(C=Cc1cnccn1)Oc1ccc(-c2ccccc2)cc1Cl. The van der Waals surface area contributed by atoms with Gasteiger partial charge in [0.2, 0.25) is 0 Å². The summed E-state index contributed by atoms with van der Waals surface area (Å²) in [5.74, 6) is -0.222. The molecule has 0 N–H and O–H groups in total. The van der Waals surface area contributed by atoms with Gasteiger partial charge in [0.25, 0.3) is 0 Å². The first-order chi connectivity index (χ1) is 11.7. The van der Waals surface area contributed by atoms with E-state index in [9.17, 15) is 4.79 Å². The van der Waals surface area contributed by atoms with Crippen molar-refractivity contribution in [2.45, 2.75) is 0 Å². The molecule has 0 aliphatic rings. The molecule has 1 aromatic heterocycles. The van der Waals surface area contributed by atoms with Crippen LogP contribution in [0, 0.1) is 0 Å². The summed E-state index contributed by atoms with van der Waals surface area (Å²) in [7, 11) is 0. The van der Waals surface area contributed by atoms with Crippen LogP contribution in [0.3, 0.4) is 0 Å². The van der Waals surface area contributed by atoms with Gasteiger partial charge in [-0.3, -0.25) is 9.97 Å². The van der Waals surface area contributed by atoms with Crippen molar-refractivity contribution < 1.29 is 9.53 Å². The number of aromatic nitrogens is 2.